The van der Waals surface area contributed by atoms with E-state index in [1.54, 1.807) is 11.0 Å². The zero-order chi connectivity index (χ0) is 15.6. The molecule has 7 heteroatoms. The molecule has 2 rings (SSSR count). The quantitative estimate of drug-likeness (QED) is 0.894. The van der Waals surface area contributed by atoms with Gasteiger partial charge in [0, 0.05) is 18.8 Å². The van der Waals surface area contributed by atoms with E-state index in [1.807, 2.05) is 6.92 Å². The number of morpholine rings is 1. The van der Waals surface area contributed by atoms with Crippen LogP contribution in [0.2, 0.25) is 0 Å². The minimum Gasteiger partial charge on any atom is -0.394 e. The van der Waals surface area contributed by atoms with Gasteiger partial charge in [0.25, 0.3) is 0 Å². The van der Waals surface area contributed by atoms with Crippen molar-refractivity contribution in [1.29, 1.82) is 0 Å². The van der Waals surface area contributed by atoms with Crippen LogP contribution in [0.4, 0.5) is 18.9 Å². The molecule has 0 radical (unpaired) electrons. The zero-order valence-corrected chi connectivity index (χ0v) is 11.6. The fourth-order valence-electron chi connectivity index (χ4n) is 2.52. The predicted molar refractivity (Wildman–Crippen MR) is 71.0 cm³/mol. The first-order chi connectivity index (χ1) is 9.85. The smallest absolute Gasteiger partial charge is 0.394 e. The minimum absolute atomic E-state index is 0.147. The number of ether oxygens (including phenoxy) is 1. The van der Waals surface area contributed by atoms with Gasteiger partial charge in [-0.3, -0.25) is 0 Å². The molecule has 1 aromatic rings. The van der Waals surface area contributed by atoms with Gasteiger partial charge >= 0.3 is 6.18 Å². The lowest BCUT2D eigenvalue weighted by atomic mass is 10.1. The van der Waals surface area contributed by atoms with Crippen molar-refractivity contribution >= 4 is 5.69 Å². The lowest BCUT2D eigenvalue weighted by Gasteiger charge is -2.37. The first kappa shape index (κ1) is 16.1. The van der Waals surface area contributed by atoms with E-state index in [1.165, 1.54) is 6.07 Å². The Balaban J connectivity index is 2.31. The van der Waals surface area contributed by atoms with E-state index >= 15 is 0 Å². The van der Waals surface area contributed by atoms with Crippen molar-refractivity contribution < 1.29 is 28.1 Å². The van der Waals surface area contributed by atoms with Crippen molar-refractivity contribution in [3.63, 3.8) is 0 Å². The Hall–Kier alpha value is -1.31. The molecular formula is C14H18F3NO3. The van der Waals surface area contributed by atoms with Crippen molar-refractivity contribution in [3.05, 3.63) is 29.3 Å². The third kappa shape index (κ3) is 3.66. The summed E-state index contributed by atoms with van der Waals surface area (Å²) >= 11 is 0. The molecule has 1 fully saturated rings. The molecule has 1 aliphatic heterocycles. The molecule has 1 aliphatic rings. The van der Waals surface area contributed by atoms with Crippen LogP contribution < -0.4 is 4.90 Å². The van der Waals surface area contributed by atoms with E-state index < -0.39 is 24.5 Å². The maximum Gasteiger partial charge on any atom is 0.416 e. The Morgan fingerprint density at radius 1 is 1.29 bits per heavy atom. The fraction of sp³-hybridized carbons (Fsp3) is 0.571. The molecule has 0 aromatic heterocycles. The number of alkyl halides is 3. The van der Waals surface area contributed by atoms with Gasteiger partial charge in [-0.15, -0.1) is 0 Å². The van der Waals surface area contributed by atoms with Crippen LogP contribution in [0.1, 0.15) is 18.1 Å². The van der Waals surface area contributed by atoms with Crippen molar-refractivity contribution in [3.8, 4) is 0 Å². The summed E-state index contributed by atoms with van der Waals surface area (Å²) in [4.78, 5) is 1.76. The van der Waals surface area contributed by atoms with Crippen LogP contribution >= 0.6 is 0 Å². The lowest BCUT2D eigenvalue weighted by molar-refractivity contribution is -0.138. The second kappa shape index (κ2) is 6.21. The maximum absolute atomic E-state index is 13.0. The number of hydrogen-bond donors (Lipinski definition) is 2. The van der Waals surface area contributed by atoms with Gasteiger partial charge in [0.15, 0.2) is 0 Å². The van der Waals surface area contributed by atoms with Crippen LogP contribution in [-0.2, 0) is 17.5 Å². The first-order valence-corrected chi connectivity index (χ1v) is 6.67. The Morgan fingerprint density at radius 2 is 2.00 bits per heavy atom. The summed E-state index contributed by atoms with van der Waals surface area (Å²) in [5.74, 6) is 0. The maximum atomic E-state index is 13.0. The molecule has 0 aliphatic carbocycles. The molecule has 4 nitrogen and oxygen atoms in total. The molecule has 2 unspecified atom stereocenters. The average molecular weight is 305 g/mol. The van der Waals surface area contributed by atoms with E-state index in [4.69, 9.17) is 9.84 Å². The van der Waals surface area contributed by atoms with Crippen LogP contribution in [0, 0.1) is 0 Å². The molecule has 0 amide bonds. The second-order valence-electron chi connectivity index (χ2n) is 5.15. The summed E-state index contributed by atoms with van der Waals surface area (Å²) < 4.78 is 44.5. The van der Waals surface area contributed by atoms with E-state index in [2.05, 4.69) is 0 Å². The fourth-order valence-corrected chi connectivity index (χ4v) is 2.52. The molecule has 2 N–H and O–H groups in total. The number of rotatable bonds is 3. The molecule has 1 heterocycles. The van der Waals surface area contributed by atoms with Crippen LogP contribution in [0.15, 0.2) is 18.2 Å². The van der Waals surface area contributed by atoms with Crippen LogP contribution in [0.5, 0.6) is 0 Å². The SMILES string of the molecule is CC1CN(c2ccc(CO)c(C(F)(F)F)c2)CC(CO)O1. The highest BCUT2D eigenvalue weighted by Crippen LogP contribution is 2.35. The summed E-state index contributed by atoms with van der Waals surface area (Å²) in [6.45, 7) is 1.75. The molecule has 1 saturated heterocycles. The lowest BCUT2D eigenvalue weighted by Crippen LogP contribution is -2.48. The summed E-state index contributed by atoms with van der Waals surface area (Å²) in [6, 6.07) is 3.87. The van der Waals surface area contributed by atoms with Gasteiger partial charge in [0.05, 0.1) is 31.0 Å². The third-order valence-electron chi connectivity index (χ3n) is 3.46. The van der Waals surface area contributed by atoms with Gasteiger partial charge in [-0.2, -0.15) is 13.2 Å². The Bertz CT molecular complexity index is 493. The molecule has 1 aromatic carbocycles. The standard InChI is InChI=1S/C14H18F3NO3/c1-9-5-18(6-12(8-20)21-9)11-3-2-10(7-19)13(4-11)14(15,16)17/h2-4,9,12,19-20H,5-8H2,1H3. The number of nitrogens with zero attached hydrogens (tertiary/aromatic N) is 1. The van der Waals surface area contributed by atoms with Crippen molar-refractivity contribution in [2.75, 3.05) is 24.6 Å². The number of hydrogen-bond acceptors (Lipinski definition) is 4. The highest BCUT2D eigenvalue weighted by Gasteiger charge is 2.34. The van der Waals surface area contributed by atoms with Crippen LogP contribution in [0.25, 0.3) is 0 Å². The topological polar surface area (TPSA) is 52.9 Å². The molecular weight excluding hydrogens is 287 g/mol. The van der Waals surface area contributed by atoms with Gasteiger partial charge in [0.1, 0.15) is 0 Å². The van der Waals surface area contributed by atoms with Crippen molar-refractivity contribution in [1.82, 2.24) is 0 Å². The minimum atomic E-state index is -4.51. The van der Waals surface area contributed by atoms with E-state index in [0.717, 1.165) is 6.07 Å². The number of aliphatic hydroxyl groups excluding tert-OH is 2. The monoisotopic (exact) mass is 305 g/mol. The van der Waals surface area contributed by atoms with Gasteiger partial charge < -0.3 is 19.8 Å². The van der Waals surface area contributed by atoms with E-state index in [9.17, 15) is 18.3 Å². The van der Waals surface area contributed by atoms with Crippen molar-refractivity contribution in [2.24, 2.45) is 0 Å². The summed E-state index contributed by atoms with van der Waals surface area (Å²) in [5.41, 5.74) is -0.568. The average Bonchev–Trinajstić information content (AvgIpc) is 2.45. The van der Waals surface area contributed by atoms with Crippen LogP contribution in [0.3, 0.4) is 0 Å². The Labute approximate surface area is 120 Å². The Kier molecular flexibility index (Phi) is 4.75. The van der Waals surface area contributed by atoms with Gasteiger partial charge in [-0.25, -0.2) is 0 Å². The molecule has 0 saturated carbocycles. The first-order valence-electron chi connectivity index (χ1n) is 6.67. The largest absolute Gasteiger partial charge is 0.416 e. The number of anilines is 1. The van der Waals surface area contributed by atoms with E-state index in [0.29, 0.717) is 18.8 Å². The van der Waals surface area contributed by atoms with Gasteiger partial charge in [-0.1, -0.05) is 6.07 Å². The highest BCUT2D eigenvalue weighted by molar-refractivity contribution is 5.52. The normalized spacial score (nSPS) is 23.4. The number of halogens is 3. The van der Waals surface area contributed by atoms with Crippen LogP contribution in [-0.4, -0.2) is 42.1 Å². The molecule has 0 bridgehead atoms. The summed E-state index contributed by atoms with van der Waals surface area (Å²) in [5, 5.41) is 18.2. The highest BCUT2D eigenvalue weighted by atomic mass is 19.4. The molecule has 0 spiro atoms. The van der Waals surface area contributed by atoms with E-state index in [-0.39, 0.29) is 18.3 Å². The summed E-state index contributed by atoms with van der Waals surface area (Å²) in [7, 11) is 0. The predicted octanol–water partition coefficient (Wildman–Crippen LogP) is 1.78. The van der Waals surface area contributed by atoms with Gasteiger partial charge in [0.2, 0.25) is 0 Å². The Morgan fingerprint density at radius 3 is 2.57 bits per heavy atom. The zero-order valence-electron chi connectivity index (χ0n) is 11.6. The number of aliphatic hydroxyl groups is 2. The molecule has 21 heavy (non-hydrogen) atoms. The second-order valence-corrected chi connectivity index (χ2v) is 5.15. The molecule has 2 atom stereocenters. The number of benzene rings is 1. The molecule has 118 valence electrons. The van der Waals surface area contributed by atoms with Gasteiger partial charge in [-0.05, 0) is 24.6 Å². The summed E-state index contributed by atoms with van der Waals surface area (Å²) in [6.07, 6.45) is -5.11. The third-order valence-corrected chi connectivity index (χ3v) is 3.46. The van der Waals surface area contributed by atoms with Crippen molar-refractivity contribution in [2.45, 2.75) is 31.9 Å².